The summed E-state index contributed by atoms with van der Waals surface area (Å²) < 4.78 is 10.6. The summed E-state index contributed by atoms with van der Waals surface area (Å²) in [6.07, 6.45) is 0.221. The van der Waals surface area contributed by atoms with Crippen LogP contribution < -0.4 is 19.7 Å². The molecule has 0 spiro atoms. The van der Waals surface area contributed by atoms with Crippen LogP contribution in [0.25, 0.3) is 10.6 Å². The molecule has 0 bridgehead atoms. The van der Waals surface area contributed by atoms with Gasteiger partial charge in [-0.3, -0.25) is 4.79 Å². The van der Waals surface area contributed by atoms with Crippen molar-refractivity contribution in [3.05, 3.63) is 53.5 Å². The quantitative estimate of drug-likeness (QED) is 0.651. The predicted molar refractivity (Wildman–Crippen MR) is 114 cm³/mol. The van der Waals surface area contributed by atoms with Gasteiger partial charge in [0, 0.05) is 36.4 Å². The number of hydrogen-bond donors (Lipinski definition) is 1. The van der Waals surface area contributed by atoms with Crippen molar-refractivity contribution in [3.63, 3.8) is 0 Å². The molecule has 0 atom stereocenters. The van der Waals surface area contributed by atoms with Gasteiger partial charge in [0.25, 0.3) is 0 Å². The fourth-order valence-corrected chi connectivity index (χ4v) is 3.52. The minimum Gasteiger partial charge on any atom is -0.493 e. The van der Waals surface area contributed by atoms with Gasteiger partial charge in [0.2, 0.25) is 5.91 Å². The zero-order valence-electron chi connectivity index (χ0n) is 16.4. The molecule has 6 nitrogen and oxygen atoms in total. The highest BCUT2D eigenvalue weighted by Gasteiger charge is 2.12. The second-order valence-electron chi connectivity index (χ2n) is 6.38. The van der Waals surface area contributed by atoms with E-state index in [9.17, 15) is 4.79 Å². The van der Waals surface area contributed by atoms with Gasteiger partial charge >= 0.3 is 0 Å². The Hall–Kier alpha value is -3.06. The maximum atomic E-state index is 12.3. The summed E-state index contributed by atoms with van der Waals surface area (Å²) in [4.78, 5) is 18.9. The number of anilines is 2. The molecule has 0 radical (unpaired) electrons. The minimum absolute atomic E-state index is 0.0956. The normalized spacial score (nSPS) is 10.4. The molecule has 1 heterocycles. The topological polar surface area (TPSA) is 63.7 Å². The van der Waals surface area contributed by atoms with Crippen molar-refractivity contribution >= 4 is 28.6 Å². The molecule has 146 valence electrons. The average molecular weight is 398 g/mol. The second kappa shape index (κ2) is 8.75. The molecular formula is C21H23N3O3S. The highest BCUT2D eigenvalue weighted by Crippen LogP contribution is 2.33. The Kier molecular flexibility index (Phi) is 6.16. The molecule has 0 fully saturated rings. The third-order valence-electron chi connectivity index (χ3n) is 4.19. The van der Waals surface area contributed by atoms with Gasteiger partial charge in [0.05, 0.1) is 26.3 Å². The molecule has 28 heavy (non-hydrogen) atoms. The van der Waals surface area contributed by atoms with Gasteiger partial charge in [-0.2, -0.15) is 0 Å². The molecule has 7 heteroatoms. The van der Waals surface area contributed by atoms with Gasteiger partial charge in [-0.15, -0.1) is 11.3 Å². The van der Waals surface area contributed by atoms with E-state index < -0.39 is 0 Å². The van der Waals surface area contributed by atoms with E-state index in [1.807, 2.05) is 66.8 Å². The zero-order valence-corrected chi connectivity index (χ0v) is 17.2. The van der Waals surface area contributed by atoms with Gasteiger partial charge in [0.1, 0.15) is 5.01 Å². The van der Waals surface area contributed by atoms with Crippen molar-refractivity contribution in [2.24, 2.45) is 0 Å². The smallest absolute Gasteiger partial charge is 0.230 e. The largest absolute Gasteiger partial charge is 0.493 e. The van der Waals surface area contributed by atoms with Crippen molar-refractivity contribution in [1.29, 1.82) is 0 Å². The molecular weight excluding hydrogens is 374 g/mol. The van der Waals surface area contributed by atoms with Crippen LogP contribution in [-0.2, 0) is 11.2 Å². The molecule has 0 aliphatic rings. The van der Waals surface area contributed by atoms with Crippen molar-refractivity contribution in [2.75, 3.05) is 38.5 Å². The predicted octanol–water partition coefficient (Wildman–Crippen LogP) is 4.07. The molecule has 1 N–H and O–H groups in total. The van der Waals surface area contributed by atoms with Crippen LogP contribution in [0.3, 0.4) is 0 Å². The molecule has 0 unspecified atom stereocenters. The third-order valence-corrected chi connectivity index (χ3v) is 5.13. The first kappa shape index (κ1) is 19.7. The van der Waals surface area contributed by atoms with Crippen molar-refractivity contribution in [2.45, 2.75) is 6.42 Å². The molecule has 0 saturated heterocycles. The molecule has 1 amide bonds. The number of ether oxygens (including phenoxy) is 2. The van der Waals surface area contributed by atoms with E-state index in [-0.39, 0.29) is 12.3 Å². The number of hydrogen-bond acceptors (Lipinski definition) is 6. The number of aromatic nitrogens is 1. The number of carbonyl (C=O) groups is 1. The van der Waals surface area contributed by atoms with Crippen molar-refractivity contribution in [3.8, 4) is 22.1 Å². The highest BCUT2D eigenvalue weighted by atomic mass is 32.1. The highest BCUT2D eigenvalue weighted by molar-refractivity contribution is 7.13. The van der Waals surface area contributed by atoms with Crippen LogP contribution in [0.15, 0.2) is 47.8 Å². The molecule has 2 aromatic carbocycles. The fraction of sp³-hybridized carbons (Fsp3) is 0.238. The second-order valence-corrected chi connectivity index (χ2v) is 7.24. The number of rotatable bonds is 7. The maximum absolute atomic E-state index is 12.3. The number of nitrogens with zero attached hydrogens (tertiary/aromatic N) is 2. The summed E-state index contributed by atoms with van der Waals surface area (Å²) in [5.41, 5.74) is 3.51. The Morgan fingerprint density at radius 2 is 1.79 bits per heavy atom. The number of benzene rings is 2. The van der Waals surface area contributed by atoms with Gasteiger partial charge < -0.3 is 19.7 Å². The summed E-state index contributed by atoms with van der Waals surface area (Å²) in [5.74, 6) is 1.22. The first-order valence-electron chi connectivity index (χ1n) is 8.74. The Balaban J connectivity index is 1.66. The summed E-state index contributed by atoms with van der Waals surface area (Å²) in [6.45, 7) is 0. The van der Waals surface area contributed by atoms with Crippen molar-refractivity contribution in [1.82, 2.24) is 4.98 Å². The van der Waals surface area contributed by atoms with Crippen LogP contribution in [0.1, 0.15) is 5.69 Å². The molecule has 1 aromatic heterocycles. The fourth-order valence-electron chi connectivity index (χ4n) is 2.70. The van der Waals surface area contributed by atoms with Crippen LogP contribution in [0.5, 0.6) is 11.5 Å². The summed E-state index contributed by atoms with van der Waals surface area (Å²) in [5, 5.41) is 5.65. The number of nitrogens with one attached hydrogen (secondary N) is 1. The summed E-state index contributed by atoms with van der Waals surface area (Å²) >= 11 is 1.50. The SMILES string of the molecule is COc1ccc(-c2nc(CC(=O)Nc3ccc(N(C)C)cc3)cs2)cc1OC. The van der Waals surface area contributed by atoms with E-state index >= 15 is 0 Å². The first-order valence-corrected chi connectivity index (χ1v) is 9.62. The van der Waals surface area contributed by atoms with Crippen LogP contribution in [-0.4, -0.2) is 39.2 Å². The lowest BCUT2D eigenvalue weighted by Gasteiger charge is -2.12. The Labute approximate surface area is 168 Å². The Bertz CT molecular complexity index is 952. The molecule has 3 aromatic rings. The van der Waals surface area contributed by atoms with Crippen LogP contribution in [0.2, 0.25) is 0 Å². The summed E-state index contributed by atoms with van der Waals surface area (Å²) in [7, 11) is 7.16. The van der Waals surface area contributed by atoms with Crippen LogP contribution in [0, 0.1) is 0 Å². The lowest BCUT2D eigenvalue weighted by Crippen LogP contribution is -2.15. The summed E-state index contributed by atoms with van der Waals surface area (Å²) in [6, 6.07) is 13.4. The molecule has 0 saturated carbocycles. The van der Waals surface area contributed by atoms with Gasteiger partial charge in [-0.1, -0.05) is 0 Å². The van der Waals surface area contributed by atoms with Crippen molar-refractivity contribution < 1.29 is 14.3 Å². The van der Waals surface area contributed by atoms with E-state index in [1.165, 1.54) is 11.3 Å². The monoisotopic (exact) mass is 397 g/mol. The average Bonchev–Trinajstić information content (AvgIpc) is 3.16. The van der Waals surface area contributed by atoms with Gasteiger partial charge in [-0.05, 0) is 42.5 Å². The first-order chi connectivity index (χ1) is 13.5. The molecule has 0 aliphatic carbocycles. The standard InChI is InChI=1S/C21H23N3O3S/c1-24(2)17-8-6-15(7-9-17)22-20(25)12-16-13-28-21(23-16)14-5-10-18(26-3)19(11-14)27-4/h5-11,13H,12H2,1-4H3,(H,22,25). The lowest BCUT2D eigenvalue weighted by atomic mass is 10.2. The number of amides is 1. The van der Waals surface area contributed by atoms with E-state index in [0.29, 0.717) is 11.5 Å². The zero-order chi connectivity index (χ0) is 20.1. The van der Waals surface area contributed by atoms with E-state index in [4.69, 9.17) is 9.47 Å². The number of carbonyl (C=O) groups excluding carboxylic acids is 1. The Morgan fingerprint density at radius 1 is 1.07 bits per heavy atom. The number of methoxy groups -OCH3 is 2. The van der Waals surface area contributed by atoms with Crippen LogP contribution in [0.4, 0.5) is 11.4 Å². The van der Waals surface area contributed by atoms with Gasteiger partial charge in [-0.25, -0.2) is 4.98 Å². The van der Waals surface area contributed by atoms with Crippen LogP contribution >= 0.6 is 11.3 Å². The lowest BCUT2D eigenvalue weighted by molar-refractivity contribution is -0.115. The molecule has 3 rings (SSSR count). The Morgan fingerprint density at radius 3 is 2.43 bits per heavy atom. The molecule has 0 aliphatic heterocycles. The third kappa shape index (κ3) is 4.61. The van der Waals surface area contributed by atoms with E-state index in [1.54, 1.807) is 14.2 Å². The maximum Gasteiger partial charge on any atom is 0.230 e. The number of thiazole rings is 1. The van der Waals surface area contributed by atoms with Gasteiger partial charge in [0.15, 0.2) is 11.5 Å². The van der Waals surface area contributed by atoms with E-state index in [0.717, 1.165) is 27.6 Å². The minimum atomic E-state index is -0.0956. The van der Waals surface area contributed by atoms with E-state index in [2.05, 4.69) is 10.3 Å².